The van der Waals surface area contributed by atoms with Crippen molar-refractivity contribution in [2.75, 3.05) is 13.7 Å². The van der Waals surface area contributed by atoms with Crippen molar-refractivity contribution in [2.24, 2.45) is 0 Å². The van der Waals surface area contributed by atoms with Crippen molar-refractivity contribution in [1.29, 1.82) is 0 Å². The summed E-state index contributed by atoms with van der Waals surface area (Å²) in [6.45, 7) is 5.57. The molecule has 0 saturated heterocycles. The maximum absolute atomic E-state index is 12.4. The molecule has 27 heavy (non-hydrogen) atoms. The molecule has 0 aliphatic rings. The molecule has 0 bridgehead atoms. The Morgan fingerprint density at radius 3 is 2.48 bits per heavy atom. The number of furan rings is 1. The summed E-state index contributed by atoms with van der Waals surface area (Å²) in [6, 6.07) is 9.22. The molecule has 3 aromatic rings. The molecule has 140 valence electrons. The molecule has 0 N–H and O–H groups in total. The quantitative estimate of drug-likeness (QED) is 0.480. The number of rotatable bonds is 6. The zero-order valence-electron chi connectivity index (χ0n) is 15.9. The molecule has 0 saturated carbocycles. The van der Waals surface area contributed by atoms with Gasteiger partial charge in [-0.05, 0) is 55.7 Å². The van der Waals surface area contributed by atoms with Gasteiger partial charge in [-0.3, -0.25) is 9.59 Å². The fourth-order valence-electron chi connectivity index (χ4n) is 3.02. The number of hydrogen-bond acceptors (Lipinski definition) is 5. The molecular weight excluding hydrogens is 344 g/mol. The Balaban J connectivity index is 1.65. The molecule has 0 unspecified atom stereocenters. The predicted molar refractivity (Wildman–Crippen MR) is 102 cm³/mol. The first kappa shape index (κ1) is 18.7. The lowest BCUT2D eigenvalue weighted by Gasteiger charge is -2.09. The first-order valence-corrected chi connectivity index (χ1v) is 8.70. The summed E-state index contributed by atoms with van der Waals surface area (Å²) in [6.07, 6.45) is 1.57. The van der Waals surface area contributed by atoms with E-state index in [1.807, 2.05) is 39.0 Å². The van der Waals surface area contributed by atoms with Crippen molar-refractivity contribution in [1.82, 2.24) is 0 Å². The molecule has 5 nitrogen and oxygen atoms in total. The smallest absolute Gasteiger partial charge is 0.310 e. The van der Waals surface area contributed by atoms with E-state index in [0.717, 1.165) is 22.1 Å². The minimum absolute atomic E-state index is 0.0402. The lowest BCUT2D eigenvalue weighted by atomic mass is 9.98. The summed E-state index contributed by atoms with van der Waals surface area (Å²) in [5.74, 6) is 0.00873. The fraction of sp³-hybridized carbons (Fsp3) is 0.273. The third kappa shape index (κ3) is 4.03. The Morgan fingerprint density at radius 1 is 1.00 bits per heavy atom. The Kier molecular flexibility index (Phi) is 5.31. The first-order valence-electron chi connectivity index (χ1n) is 8.70. The Morgan fingerprint density at radius 2 is 1.74 bits per heavy atom. The second-order valence-electron chi connectivity index (χ2n) is 6.64. The van der Waals surface area contributed by atoms with E-state index in [0.29, 0.717) is 22.5 Å². The van der Waals surface area contributed by atoms with Crippen LogP contribution in [0.15, 0.2) is 41.0 Å². The van der Waals surface area contributed by atoms with Gasteiger partial charge in [-0.15, -0.1) is 0 Å². The van der Waals surface area contributed by atoms with E-state index in [2.05, 4.69) is 0 Å². The van der Waals surface area contributed by atoms with Gasteiger partial charge in [-0.25, -0.2) is 0 Å². The van der Waals surface area contributed by atoms with Gasteiger partial charge in [0.15, 0.2) is 6.61 Å². The number of hydrogen-bond donors (Lipinski definition) is 0. The molecule has 0 amide bonds. The number of Topliss-reactive ketones (excluding diaryl/α,β-unsaturated/α-hetero) is 1. The van der Waals surface area contributed by atoms with Crippen molar-refractivity contribution < 1.29 is 23.5 Å². The number of aryl methyl sites for hydroxylation is 3. The largest absolute Gasteiger partial charge is 0.497 e. The van der Waals surface area contributed by atoms with Gasteiger partial charge in [0, 0.05) is 22.6 Å². The number of carbonyl (C=O) groups is 2. The highest BCUT2D eigenvalue weighted by molar-refractivity contribution is 5.99. The fourth-order valence-corrected chi connectivity index (χ4v) is 3.02. The van der Waals surface area contributed by atoms with Crippen molar-refractivity contribution in [3.63, 3.8) is 0 Å². The Labute approximate surface area is 157 Å². The number of benzene rings is 2. The monoisotopic (exact) mass is 366 g/mol. The number of esters is 1. The third-order valence-corrected chi connectivity index (χ3v) is 4.70. The van der Waals surface area contributed by atoms with E-state index < -0.39 is 5.97 Å². The zero-order chi connectivity index (χ0) is 19.6. The Hall–Kier alpha value is -3.08. The van der Waals surface area contributed by atoms with Crippen LogP contribution in [0.2, 0.25) is 0 Å². The van der Waals surface area contributed by atoms with Gasteiger partial charge < -0.3 is 13.9 Å². The van der Waals surface area contributed by atoms with Crippen LogP contribution in [-0.2, 0) is 16.0 Å². The van der Waals surface area contributed by atoms with Gasteiger partial charge in [0.2, 0.25) is 5.78 Å². The molecule has 0 fully saturated rings. The lowest BCUT2D eigenvalue weighted by Crippen LogP contribution is -2.16. The normalized spacial score (nSPS) is 10.8. The predicted octanol–water partition coefficient (Wildman–Crippen LogP) is 4.34. The van der Waals surface area contributed by atoms with Crippen LogP contribution in [0.5, 0.6) is 5.75 Å². The second kappa shape index (κ2) is 7.66. The van der Waals surface area contributed by atoms with Crippen molar-refractivity contribution in [3.8, 4) is 5.75 Å². The first-order chi connectivity index (χ1) is 12.9. The molecule has 0 aliphatic carbocycles. The highest BCUT2D eigenvalue weighted by Gasteiger charge is 2.16. The van der Waals surface area contributed by atoms with E-state index >= 15 is 0 Å². The third-order valence-electron chi connectivity index (χ3n) is 4.70. The van der Waals surface area contributed by atoms with Gasteiger partial charge in [-0.1, -0.05) is 6.07 Å². The standard InChI is InChI=1S/C22H22O5/c1-13-7-15(3)19(8-14(13)2)20(23)12-27-22(24)9-16-11-26-21-10-17(25-4)5-6-18(16)21/h5-8,10-11H,9,12H2,1-4H3. The van der Waals surface area contributed by atoms with Gasteiger partial charge in [0.1, 0.15) is 11.3 Å². The average Bonchev–Trinajstić information content (AvgIpc) is 3.04. The van der Waals surface area contributed by atoms with Gasteiger partial charge in [0.05, 0.1) is 19.8 Å². The average molecular weight is 366 g/mol. The molecule has 3 rings (SSSR count). The molecule has 0 spiro atoms. The van der Waals surface area contributed by atoms with Crippen LogP contribution in [0.4, 0.5) is 0 Å². The Bertz CT molecular complexity index is 1010. The van der Waals surface area contributed by atoms with Gasteiger partial charge >= 0.3 is 5.97 Å². The summed E-state index contributed by atoms with van der Waals surface area (Å²) < 4.78 is 15.8. The summed E-state index contributed by atoms with van der Waals surface area (Å²) in [5, 5.41) is 0.823. The van der Waals surface area contributed by atoms with E-state index in [9.17, 15) is 9.59 Å². The number of fused-ring (bicyclic) bond motifs is 1. The number of ketones is 1. The van der Waals surface area contributed by atoms with Crippen LogP contribution in [0.3, 0.4) is 0 Å². The van der Waals surface area contributed by atoms with E-state index in [-0.39, 0.29) is 18.8 Å². The SMILES string of the molecule is COc1ccc2c(CC(=O)OCC(=O)c3cc(C)c(C)cc3C)coc2c1. The zero-order valence-corrected chi connectivity index (χ0v) is 15.9. The van der Waals surface area contributed by atoms with Crippen LogP contribution >= 0.6 is 0 Å². The van der Waals surface area contributed by atoms with E-state index in [4.69, 9.17) is 13.9 Å². The number of ether oxygens (including phenoxy) is 2. The van der Waals surface area contributed by atoms with Crippen LogP contribution in [0, 0.1) is 20.8 Å². The van der Waals surface area contributed by atoms with Gasteiger partial charge in [-0.2, -0.15) is 0 Å². The highest BCUT2D eigenvalue weighted by atomic mass is 16.5. The summed E-state index contributed by atoms with van der Waals surface area (Å²) in [5.41, 5.74) is 4.99. The molecule has 1 aromatic heterocycles. The highest BCUT2D eigenvalue weighted by Crippen LogP contribution is 2.26. The second-order valence-corrected chi connectivity index (χ2v) is 6.64. The summed E-state index contributed by atoms with van der Waals surface area (Å²) in [7, 11) is 1.58. The van der Waals surface area contributed by atoms with Crippen molar-refractivity contribution >= 4 is 22.7 Å². The van der Waals surface area contributed by atoms with Crippen molar-refractivity contribution in [3.05, 3.63) is 64.4 Å². The van der Waals surface area contributed by atoms with E-state index in [1.165, 1.54) is 6.26 Å². The molecule has 0 radical (unpaired) electrons. The molecule has 1 heterocycles. The topological polar surface area (TPSA) is 65.7 Å². The van der Waals surface area contributed by atoms with Crippen LogP contribution in [-0.4, -0.2) is 25.5 Å². The van der Waals surface area contributed by atoms with Crippen LogP contribution < -0.4 is 4.74 Å². The van der Waals surface area contributed by atoms with Crippen molar-refractivity contribution in [2.45, 2.75) is 27.2 Å². The molecular formula is C22H22O5. The van der Waals surface area contributed by atoms with Gasteiger partial charge in [0.25, 0.3) is 0 Å². The van der Waals surface area contributed by atoms with Crippen LogP contribution in [0.25, 0.3) is 11.0 Å². The summed E-state index contributed by atoms with van der Waals surface area (Å²) >= 11 is 0. The maximum atomic E-state index is 12.4. The number of carbonyl (C=O) groups excluding carboxylic acids is 2. The molecule has 5 heteroatoms. The maximum Gasteiger partial charge on any atom is 0.310 e. The van der Waals surface area contributed by atoms with Crippen LogP contribution in [0.1, 0.15) is 32.6 Å². The molecule has 0 atom stereocenters. The molecule has 0 aliphatic heterocycles. The van der Waals surface area contributed by atoms with E-state index in [1.54, 1.807) is 19.2 Å². The lowest BCUT2D eigenvalue weighted by molar-refractivity contribution is -0.141. The molecule has 2 aromatic carbocycles. The number of methoxy groups -OCH3 is 1. The minimum Gasteiger partial charge on any atom is -0.497 e. The minimum atomic E-state index is -0.469. The summed E-state index contributed by atoms with van der Waals surface area (Å²) in [4.78, 5) is 24.6.